The van der Waals surface area contributed by atoms with Gasteiger partial charge in [-0.25, -0.2) is 0 Å². The lowest BCUT2D eigenvalue weighted by molar-refractivity contribution is 0.350. The van der Waals surface area contributed by atoms with E-state index in [1.165, 1.54) is 5.56 Å². The molecule has 2 aromatic rings. The van der Waals surface area contributed by atoms with Crippen LogP contribution < -0.4 is 5.73 Å². The molecule has 0 aliphatic rings. The van der Waals surface area contributed by atoms with Crippen molar-refractivity contribution in [2.75, 3.05) is 0 Å². The summed E-state index contributed by atoms with van der Waals surface area (Å²) in [6, 6.07) is 7.99. The van der Waals surface area contributed by atoms with Gasteiger partial charge >= 0.3 is 0 Å². The second kappa shape index (κ2) is 4.90. The van der Waals surface area contributed by atoms with Gasteiger partial charge in [-0.3, -0.25) is 0 Å². The Balaban J connectivity index is 2.33. The lowest BCUT2D eigenvalue weighted by Gasteiger charge is -2.21. The highest BCUT2D eigenvalue weighted by atomic mass is 16.5. The third-order valence-electron chi connectivity index (χ3n) is 3.43. The Labute approximate surface area is 107 Å². The molecule has 0 aliphatic heterocycles. The number of benzene rings is 1. The van der Waals surface area contributed by atoms with Crippen molar-refractivity contribution in [1.29, 1.82) is 0 Å². The summed E-state index contributed by atoms with van der Waals surface area (Å²) in [5.41, 5.74) is 7.88. The minimum atomic E-state index is -0.494. The molecular formula is C14H19N3O. The standard InChI is InChI=1S/C14H19N3O/c1-4-14(15,5-2)13-16-12(18-17-13)11-8-6-10(3)7-9-11/h6-9H,4-5,15H2,1-3H3. The lowest BCUT2D eigenvalue weighted by Crippen LogP contribution is -2.36. The van der Waals surface area contributed by atoms with Gasteiger partial charge in [0.05, 0.1) is 5.54 Å². The lowest BCUT2D eigenvalue weighted by atomic mass is 9.93. The average molecular weight is 245 g/mol. The summed E-state index contributed by atoms with van der Waals surface area (Å²) < 4.78 is 5.30. The summed E-state index contributed by atoms with van der Waals surface area (Å²) >= 11 is 0. The van der Waals surface area contributed by atoms with Crippen molar-refractivity contribution in [3.8, 4) is 11.5 Å². The fraction of sp³-hybridized carbons (Fsp3) is 0.429. The highest BCUT2D eigenvalue weighted by Gasteiger charge is 2.29. The molecular weight excluding hydrogens is 226 g/mol. The Bertz CT molecular complexity index is 512. The Kier molecular flexibility index (Phi) is 3.48. The molecule has 18 heavy (non-hydrogen) atoms. The molecule has 0 spiro atoms. The van der Waals surface area contributed by atoms with E-state index in [0.29, 0.717) is 11.7 Å². The van der Waals surface area contributed by atoms with E-state index >= 15 is 0 Å². The van der Waals surface area contributed by atoms with E-state index in [2.05, 4.69) is 10.1 Å². The van der Waals surface area contributed by atoms with Crippen molar-refractivity contribution in [1.82, 2.24) is 10.1 Å². The Morgan fingerprint density at radius 1 is 1.17 bits per heavy atom. The van der Waals surface area contributed by atoms with E-state index in [1.807, 2.05) is 45.0 Å². The number of hydrogen-bond acceptors (Lipinski definition) is 4. The molecule has 2 N–H and O–H groups in total. The van der Waals surface area contributed by atoms with Crippen molar-refractivity contribution in [2.24, 2.45) is 5.73 Å². The maximum Gasteiger partial charge on any atom is 0.257 e. The normalized spacial score (nSPS) is 11.8. The molecule has 0 fully saturated rings. The number of nitrogens with two attached hydrogens (primary N) is 1. The molecule has 0 amide bonds. The molecule has 0 saturated carbocycles. The van der Waals surface area contributed by atoms with Gasteiger partial charge in [0.15, 0.2) is 5.82 Å². The SMILES string of the molecule is CCC(N)(CC)c1noc(-c2ccc(C)cc2)n1. The van der Waals surface area contributed by atoms with Gasteiger partial charge < -0.3 is 10.3 Å². The molecule has 4 heteroatoms. The number of rotatable bonds is 4. The molecule has 1 heterocycles. The van der Waals surface area contributed by atoms with Crippen LogP contribution in [0.2, 0.25) is 0 Å². The Morgan fingerprint density at radius 2 is 1.78 bits per heavy atom. The highest BCUT2D eigenvalue weighted by Crippen LogP contribution is 2.26. The molecule has 0 radical (unpaired) electrons. The second-order valence-electron chi connectivity index (χ2n) is 4.65. The van der Waals surface area contributed by atoms with E-state index in [-0.39, 0.29) is 0 Å². The summed E-state index contributed by atoms with van der Waals surface area (Å²) in [7, 11) is 0. The highest BCUT2D eigenvalue weighted by molar-refractivity contribution is 5.53. The van der Waals surface area contributed by atoms with Crippen LogP contribution in [-0.4, -0.2) is 10.1 Å². The van der Waals surface area contributed by atoms with Gasteiger partial charge in [0.1, 0.15) is 0 Å². The van der Waals surface area contributed by atoms with Crippen molar-refractivity contribution >= 4 is 0 Å². The molecule has 1 aromatic carbocycles. The van der Waals surface area contributed by atoms with Crippen molar-refractivity contribution in [3.63, 3.8) is 0 Å². The van der Waals surface area contributed by atoms with Crippen LogP contribution in [0.15, 0.2) is 28.8 Å². The topological polar surface area (TPSA) is 64.9 Å². The van der Waals surface area contributed by atoms with E-state index in [0.717, 1.165) is 18.4 Å². The molecule has 0 saturated heterocycles. The minimum absolute atomic E-state index is 0.494. The van der Waals surface area contributed by atoms with Gasteiger partial charge in [-0.1, -0.05) is 36.7 Å². The summed E-state index contributed by atoms with van der Waals surface area (Å²) in [5.74, 6) is 1.12. The largest absolute Gasteiger partial charge is 0.334 e. The fourth-order valence-electron chi connectivity index (χ4n) is 1.81. The van der Waals surface area contributed by atoms with E-state index in [4.69, 9.17) is 10.3 Å². The molecule has 0 bridgehead atoms. The number of aryl methyl sites for hydroxylation is 1. The van der Waals surface area contributed by atoms with Gasteiger partial charge in [-0.05, 0) is 31.9 Å². The minimum Gasteiger partial charge on any atom is -0.334 e. The van der Waals surface area contributed by atoms with Crippen LogP contribution in [0.25, 0.3) is 11.5 Å². The van der Waals surface area contributed by atoms with E-state index < -0.39 is 5.54 Å². The van der Waals surface area contributed by atoms with Gasteiger partial charge in [-0.15, -0.1) is 0 Å². The zero-order chi connectivity index (χ0) is 13.2. The van der Waals surface area contributed by atoms with Crippen LogP contribution in [0, 0.1) is 6.92 Å². The number of aromatic nitrogens is 2. The fourth-order valence-corrected chi connectivity index (χ4v) is 1.81. The van der Waals surface area contributed by atoms with Gasteiger partial charge in [0.2, 0.25) is 0 Å². The van der Waals surface area contributed by atoms with Gasteiger partial charge in [0.25, 0.3) is 5.89 Å². The monoisotopic (exact) mass is 245 g/mol. The van der Waals surface area contributed by atoms with Crippen LogP contribution in [0.1, 0.15) is 38.1 Å². The number of nitrogens with zero attached hydrogens (tertiary/aromatic N) is 2. The van der Waals surface area contributed by atoms with Crippen molar-refractivity contribution < 1.29 is 4.52 Å². The first-order valence-electron chi connectivity index (χ1n) is 6.29. The zero-order valence-corrected chi connectivity index (χ0v) is 11.1. The van der Waals surface area contributed by atoms with Crippen molar-refractivity contribution in [2.45, 2.75) is 39.2 Å². The van der Waals surface area contributed by atoms with E-state index in [1.54, 1.807) is 0 Å². The summed E-state index contributed by atoms with van der Waals surface area (Å²) in [6.45, 7) is 6.11. The molecule has 0 aliphatic carbocycles. The third kappa shape index (κ3) is 2.29. The Morgan fingerprint density at radius 3 is 2.33 bits per heavy atom. The molecule has 4 nitrogen and oxygen atoms in total. The summed E-state index contributed by atoms with van der Waals surface area (Å²) in [4.78, 5) is 4.42. The quantitative estimate of drug-likeness (QED) is 0.899. The molecule has 0 unspecified atom stereocenters. The van der Waals surface area contributed by atoms with Crippen molar-refractivity contribution in [3.05, 3.63) is 35.7 Å². The predicted molar refractivity (Wildman–Crippen MR) is 70.9 cm³/mol. The van der Waals surface area contributed by atoms with Crippen LogP contribution in [0.3, 0.4) is 0 Å². The van der Waals surface area contributed by atoms with Crippen LogP contribution in [0.5, 0.6) is 0 Å². The Hall–Kier alpha value is -1.68. The first-order chi connectivity index (χ1) is 8.59. The molecule has 1 aromatic heterocycles. The maximum atomic E-state index is 6.25. The third-order valence-corrected chi connectivity index (χ3v) is 3.43. The van der Waals surface area contributed by atoms with Crippen LogP contribution in [-0.2, 0) is 5.54 Å². The van der Waals surface area contributed by atoms with Crippen LogP contribution in [0.4, 0.5) is 0 Å². The summed E-state index contributed by atoms with van der Waals surface area (Å²) in [5, 5.41) is 4.02. The smallest absolute Gasteiger partial charge is 0.257 e. The van der Waals surface area contributed by atoms with Gasteiger partial charge in [0, 0.05) is 5.56 Å². The molecule has 2 rings (SSSR count). The van der Waals surface area contributed by atoms with Gasteiger partial charge in [-0.2, -0.15) is 4.98 Å². The first kappa shape index (κ1) is 12.8. The second-order valence-corrected chi connectivity index (χ2v) is 4.65. The molecule has 96 valence electrons. The number of hydrogen-bond donors (Lipinski definition) is 1. The van der Waals surface area contributed by atoms with E-state index in [9.17, 15) is 0 Å². The maximum absolute atomic E-state index is 6.25. The van der Waals surface area contributed by atoms with Crippen LogP contribution >= 0.6 is 0 Å². The average Bonchev–Trinajstić information content (AvgIpc) is 2.89. The predicted octanol–water partition coefficient (Wildman–Crippen LogP) is 3.02. The zero-order valence-electron chi connectivity index (χ0n) is 11.1. The summed E-state index contributed by atoms with van der Waals surface area (Å²) in [6.07, 6.45) is 1.58. The molecule has 0 atom stereocenters. The first-order valence-corrected chi connectivity index (χ1v) is 6.29.